The van der Waals surface area contributed by atoms with Gasteiger partial charge in [0.25, 0.3) is 0 Å². The molecular formula is C16H30IN5O. The van der Waals surface area contributed by atoms with Crippen LogP contribution in [0.1, 0.15) is 32.1 Å². The zero-order valence-corrected chi connectivity index (χ0v) is 16.6. The maximum absolute atomic E-state index is 5.29. The molecule has 1 aliphatic carbocycles. The van der Waals surface area contributed by atoms with Crippen molar-refractivity contribution in [3.63, 3.8) is 0 Å². The fourth-order valence-electron chi connectivity index (χ4n) is 3.17. The maximum atomic E-state index is 5.29. The second-order valence-corrected chi connectivity index (χ2v) is 6.10. The minimum absolute atomic E-state index is 0. The molecule has 1 aromatic rings. The standard InChI is InChI=1S/C16H29N5O.HI/c1-17-15(19-9-11-21-10-8-18-14-21)20-13-16(7-12-22-2)5-3-4-6-16;/h8,10,14H,3-7,9,11-13H2,1-2H3,(H2,17,19,20);1H. The topological polar surface area (TPSA) is 63.5 Å². The predicted octanol–water partition coefficient (Wildman–Crippen LogP) is 2.26. The molecular weight excluding hydrogens is 405 g/mol. The summed E-state index contributed by atoms with van der Waals surface area (Å²) in [7, 11) is 3.61. The number of nitrogens with one attached hydrogen (secondary N) is 2. The highest BCUT2D eigenvalue weighted by Gasteiger charge is 2.33. The van der Waals surface area contributed by atoms with Crippen LogP contribution in [0.25, 0.3) is 0 Å². The van der Waals surface area contributed by atoms with Crippen LogP contribution in [-0.4, -0.2) is 49.4 Å². The van der Waals surface area contributed by atoms with Gasteiger partial charge in [0.05, 0.1) is 6.33 Å². The molecule has 0 bridgehead atoms. The number of hydrogen-bond acceptors (Lipinski definition) is 3. The van der Waals surface area contributed by atoms with Gasteiger partial charge in [0, 0.05) is 52.8 Å². The smallest absolute Gasteiger partial charge is 0.191 e. The molecule has 0 atom stereocenters. The van der Waals surface area contributed by atoms with E-state index in [-0.39, 0.29) is 24.0 Å². The van der Waals surface area contributed by atoms with Crippen LogP contribution in [-0.2, 0) is 11.3 Å². The number of imidazole rings is 1. The van der Waals surface area contributed by atoms with Gasteiger partial charge in [-0.3, -0.25) is 4.99 Å². The van der Waals surface area contributed by atoms with Crippen LogP contribution < -0.4 is 10.6 Å². The molecule has 0 aliphatic heterocycles. The molecule has 0 aromatic carbocycles. The highest BCUT2D eigenvalue weighted by molar-refractivity contribution is 14.0. The van der Waals surface area contributed by atoms with E-state index in [2.05, 4.69) is 25.2 Å². The van der Waals surface area contributed by atoms with E-state index < -0.39 is 0 Å². The number of aliphatic imine (C=N–C) groups is 1. The quantitative estimate of drug-likeness (QED) is 0.374. The molecule has 1 aliphatic rings. The van der Waals surface area contributed by atoms with Crippen molar-refractivity contribution < 1.29 is 4.74 Å². The fraction of sp³-hybridized carbons (Fsp3) is 0.750. The summed E-state index contributed by atoms with van der Waals surface area (Å²) in [6.45, 7) is 3.53. The number of aromatic nitrogens is 2. The highest BCUT2D eigenvalue weighted by atomic mass is 127. The molecule has 132 valence electrons. The Bertz CT molecular complexity index is 443. The van der Waals surface area contributed by atoms with E-state index in [1.165, 1.54) is 25.7 Å². The number of halogens is 1. The molecule has 7 heteroatoms. The van der Waals surface area contributed by atoms with Gasteiger partial charge in [-0.15, -0.1) is 24.0 Å². The van der Waals surface area contributed by atoms with E-state index in [1.54, 1.807) is 13.3 Å². The number of nitrogens with zero attached hydrogens (tertiary/aromatic N) is 3. The van der Waals surface area contributed by atoms with Gasteiger partial charge >= 0.3 is 0 Å². The largest absolute Gasteiger partial charge is 0.385 e. The van der Waals surface area contributed by atoms with Crippen molar-refractivity contribution in [1.82, 2.24) is 20.2 Å². The van der Waals surface area contributed by atoms with E-state index in [0.717, 1.165) is 38.6 Å². The van der Waals surface area contributed by atoms with Crippen molar-refractivity contribution in [2.75, 3.05) is 33.9 Å². The Balaban J connectivity index is 0.00000264. The zero-order chi connectivity index (χ0) is 15.7. The van der Waals surface area contributed by atoms with Crippen LogP contribution in [0.15, 0.2) is 23.7 Å². The van der Waals surface area contributed by atoms with E-state index in [1.807, 2.05) is 19.6 Å². The second-order valence-electron chi connectivity index (χ2n) is 6.10. The molecule has 1 fully saturated rings. The molecule has 1 heterocycles. The highest BCUT2D eigenvalue weighted by Crippen LogP contribution is 2.40. The number of ether oxygens (including phenoxy) is 1. The van der Waals surface area contributed by atoms with Gasteiger partial charge in [0.1, 0.15) is 0 Å². The summed E-state index contributed by atoms with van der Waals surface area (Å²) in [5.41, 5.74) is 0.373. The molecule has 2 N–H and O–H groups in total. The number of hydrogen-bond donors (Lipinski definition) is 2. The van der Waals surface area contributed by atoms with Gasteiger partial charge in [-0.05, 0) is 24.7 Å². The minimum atomic E-state index is 0. The van der Waals surface area contributed by atoms with E-state index in [4.69, 9.17) is 4.74 Å². The van der Waals surface area contributed by atoms with Crippen LogP contribution in [0.3, 0.4) is 0 Å². The molecule has 0 spiro atoms. The molecule has 0 saturated heterocycles. The van der Waals surface area contributed by atoms with Crippen molar-refractivity contribution >= 4 is 29.9 Å². The lowest BCUT2D eigenvalue weighted by Crippen LogP contribution is -2.44. The van der Waals surface area contributed by atoms with Crippen molar-refractivity contribution in [2.24, 2.45) is 10.4 Å². The normalized spacial score (nSPS) is 16.9. The summed E-state index contributed by atoms with van der Waals surface area (Å²) in [4.78, 5) is 8.36. The van der Waals surface area contributed by atoms with Crippen molar-refractivity contribution in [3.05, 3.63) is 18.7 Å². The summed E-state index contributed by atoms with van der Waals surface area (Å²) in [5.74, 6) is 0.879. The first-order valence-corrected chi connectivity index (χ1v) is 8.17. The first-order chi connectivity index (χ1) is 10.8. The monoisotopic (exact) mass is 435 g/mol. The Morgan fingerprint density at radius 2 is 2.13 bits per heavy atom. The predicted molar refractivity (Wildman–Crippen MR) is 104 cm³/mol. The zero-order valence-electron chi connectivity index (χ0n) is 14.3. The SMILES string of the molecule is CN=C(NCCn1ccnc1)NCC1(CCOC)CCCC1.I. The lowest BCUT2D eigenvalue weighted by atomic mass is 9.83. The van der Waals surface area contributed by atoms with Crippen molar-refractivity contribution in [1.29, 1.82) is 0 Å². The maximum Gasteiger partial charge on any atom is 0.191 e. The van der Waals surface area contributed by atoms with E-state index in [0.29, 0.717) is 5.41 Å². The van der Waals surface area contributed by atoms with Crippen LogP contribution in [0.5, 0.6) is 0 Å². The number of rotatable bonds is 8. The summed E-state index contributed by atoms with van der Waals surface area (Å²) in [6, 6.07) is 0. The van der Waals surface area contributed by atoms with Crippen LogP contribution in [0, 0.1) is 5.41 Å². The van der Waals surface area contributed by atoms with Gasteiger partial charge in [-0.1, -0.05) is 12.8 Å². The Kier molecular flexibility index (Phi) is 9.54. The fourth-order valence-corrected chi connectivity index (χ4v) is 3.17. The Morgan fingerprint density at radius 1 is 1.35 bits per heavy atom. The van der Waals surface area contributed by atoms with Crippen molar-refractivity contribution in [2.45, 2.75) is 38.6 Å². The first kappa shape index (κ1) is 20.2. The van der Waals surface area contributed by atoms with Gasteiger partial charge in [-0.25, -0.2) is 4.98 Å². The minimum Gasteiger partial charge on any atom is -0.385 e. The molecule has 0 radical (unpaired) electrons. The van der Waals surface area contributed by atoms with Gasteiger partial charge in [0.15, 0.2) is 5.96 Å². The molecule has 0 amide bonds. The van der Waals surface area contributed by atoms with Gasteiger partial charge in [-0.2, -0.15) is 0 Å². The van der Waals surface area contributed by atoms with Crippen LogP contribution >= 0.6 is 24.0 Å². The van der Waals surface area contributed by atoms with Crippen LogP contribution in [0.4, 0.5) is 0 Å². The third kappa shape index (κ3) is 6.66. The van der Waals surface area contributed by atoms with Crippen LogP contribution in [0.2, 0.25) is 0 Å². The lowest BCUT2D eigenvalue weighted by molar-refractivity contribution is 0.138. The average molecular weight is 435 g/mol. The molecule has 0 unspecified atom stereocenters. The molecule has 1 saturated carbocycles. The summed E-state index contributed by atoms with van der Waals surface area (Å²) >= 11 is 0. The number of guanidine groups is 1. The average Bonchev–Trinajstić information content (AvgIpc) is 3.21. The molecule has 1 aromatic heterocycles. The second kappa shape index (κ2) is 10.9. The summed E-state index contributed by atoms with van der Waals surface area (Å²) < 4.78 is 7.34. The molecule has 23 heavy (non-hydrogen) atoms. The van der Waals surface area contributed by atoms with Gasteiger partial charge in [0.2, 0.25) is 0 Å². The molecule has 6 nitrogen and oxygen atoms in total. The lowest BCUT2D eigenvalue weighted by Gasteiger charge is -2.30. The molecule has 2 rings (SSSR count). The Hall–Kier alpha value is -0.830. The summed E-state index contributed by atoms with van der Waals surface area (Å²) in [5, 5.41) is 6.86. The Morgan fingerprint density at radius 3 is 2.74 bits per heavy atom. The van der Waals surface area contributed by atoms with E-state index >= 15 is 0 Å². The van der Waals surface area contributed by atoms with Crippen molar-refractivity contribution in [3.8, 4) is 0 Å². The third-order valence-electron chi connectivity index (χ3n) is 4.58. The van der Waals surface area contributed by atoms with Gasteiger partial charge < -0.3 is 19.9 Å². The summed E-state index contributed by atoms with van der Waals surface area (Å²) in [6.07, 6.45) is 12.0. The van der Waals surface area contributed by atoms with E-state index in [9.17, 15) is 0 Å². The number of methoxy groups -OCH3 is 1. The third-order valence-corrected chi connectivity index (χ3v) is 4.58. The Labute approximate surface area is 156 Å². The first-order valence-electron chi connectivity index (χ1n) is 8.17.